The molecule has 2 heteroatoms. The zero-order valence-corrected chi connectivity index (χ0v) is 62.6. The minimum Gasteiger partial charge on any atom is -0.456 e. The largest absolute Gasteiger partial charge is 0.456 e. The minimum absolute atomic E-state index is 0.194. The molecule has 0 atom stereocenters. The summed E-state index contributed by atoms with van der Waals surface area (Å²) in [5, 5.41) is 15.4. The molecule has 0 aliphatic heterocycles. The van der Waals surface area contributed by atoms with E-state index >= 15 is 0 Å². The molecule has 0 amide bonds. The lowest BCUT2D eigenvalue weighted by molar-refractivity contribution is 0.668. The van der Waals surface area contributed by atoms with E-state index in [1.807, 2.05) is 109 Å². The van der Waals surface area contributed by atoms with Crippen LogP contribution < -0.4 is 0 Å². The van der Waals surface area contributed by atoms with Crippen molar-refractivity contribution in [1.82, 2.24) is 0 Å². The van der Waals surface area contributed by atoms with Gasteiger partial charge >= 0.3 is 0 Å². The number of furan rings is 2. The first-order valence-corrected chi connectivity index (χ1v) is 39.1. The SMILES string of the molecule is [2H]c1c([2H])c([2H])c(-c2c3ccccc3c(-c3ccc(-c4c(-c5cc(-c6ccccc6)ccc5-c5ccccc5)ccc5oc6ccccc6c45)c4ccccc34)c3ccccc23)c([2H])c1[2H].[2H]c1c([2H])c([2H])c(-c2c3ccccc3c(-c3ccc(-c4c(-c5cccc(-c6ccccc6)c5)ccc5oc6ccccc6c45)c4ccccc34)c3ccccc23)c([2H])c1[2H]. The van der Waals surface area contributed by atoms with Crippen LogP contribution in [0.1, 0.15) is 13.7 Å². The summed E-state index contributed by atoms with van der Waals surface area (Å²) in [5.74, 6) is 0. The van der Waals surface area contributed by atoms with E-state index in [1.165, 1.54) is 0 Å². The maximum atomic E-state index is 9.07. The molecule has 116 heavy (non-hydrogen) atoms. The molecule has 0 saturated carbocycles. The highest BCUT2D eigenvalue weighted by Gasteiger charge is 2.27. The van der Waals surface area contributed by atoms with Gasteiger partial charge in [-0.3, -0.25) is 0 Å². The Balaban J connectivity index is 0.000000150. The standard InChI is InChI=1S/C60H38O.C54H34O/c1-4-18-39(19-5-1)42-32-33-43(40-20-6-2-7-21-40)54(38-42)52-36-37-56-60(53-30-16-17-31-55(53)61-56)59(52)51-35-34-50(44-24-10-11-25-45(44)51)58-48-28-14-12-26-46(48)57(41-22-8-3-9-23-41)47-27-13-15-29-49(47)58;1-3-16-35(17-4-1)37-20-15-21-38(34-37)39-32-33-50-54(48-28-13-14-29-49(48)55-50)53(39)47-31-30-46(40-22-7-8-23-41(40)47)52-44-26-11-9-24-42(44)51(36-18-5-2-6-19-36)43-25-10-12-27-45(43)52/h1-38H;1-34H/i3D,8D,9D,22D,23D;2D,5D,6D,18D,19D. The molecule has 0 bridgehead atoms. The summed E-state index contributed by atoms with van der Waals surface area (Å²) in [6, 6.07) is 127. The predicted octanol–water partition coefficient (Wildman–Crippen LogP) is 32.4. The zero-order chi connectivity index (χ0) is 85.3. The van der Waals surface area contributed by atoms with Crippen LogP contribution in [0.4, 0.5) is 0 Å². The monoisotopic (exact) mass is 1480 g/mol. The first-order valence-electron chi connectivity index (χ1n) is 44.1. The fourth-order valence-corrected chi connectivity index (χ4v) is 18.2. The van der Waals surface area contributed by atoms with Crippen molar-refractivity contribution < 1.29 is 22.5 Å². The Labute approximate surface area is 686 Å². The first kappa shape index (κ1) is 57.8. The number of rotatable bonds is 11. The molecule has 2 nitrogen and oxygen atoms in total. The highest BCUT2D eigenvalue weighted by Crippen LogP contribution is 2.54. The summed E-state index contributed by atoms with van der Waals surface area (Å²) < 4.78 is 100. The molecular weight excluding hydrogens is 1400 g/mol. The van der Waals surface area contributed by atoms with Gasteiger partial charge in [-0.15, -0.1) is 0 Å². The summed E-state index contributed by atoms with van der Waals surface area (Å²) in [5.41, 5.74) is 24.5. The third kappa shape index (κ3) is 11.4. The molecule has 2 aromatic heterocycles. The highest BCUT2D eigenvalue weighted by atomic mass is 16.3. The Hall–Kier alpha value is -15.2. The first-order chi connectivity index (χ1) is 61.8. The smallest absolute Gasteiger partial charge is 0.136 e. The second kappa shape index (κ2) is 28.5. The Morgan fingerprint density at radius 1 is 0.147 bits per heavy atom. The maximum absolute atomic E-state index is 9.07. The van der Waals surface area contributed by atoms with Crippen LogP contribution in [-0.2, 0) is 0 Å². The molecule has 0 spiro atoms. The predicted molar refractivity (Wildman–Crippen MR) is 492 cm³/mol. The molecule has 23 rings (SSSR count). The molecule has 0 fully saturated rings. The lowest BCUT2D eigenvalue weighted by Crippen LogP contribution is -1.94. The van der Waals surface area contributed by atoms with Crippen molar-refractivity contribution in [2.24, 2.45) is 0 Å². The molecule has 0 saturated heterocycles. The van der Waals surface area contributed by atoms with Crippen LogP contribution in [0.25, 0.3) is 231 Å². The average molecular weight is 1480 g/mol. The van der Waals surface area contributed by atoms with Gasteiger partial charge in [-0.2, -0.15) is 0 Å². The summed E-state index contributed by atoms with van der Waals surface area (Å²) in [7, 11) is 0. The van der Waals surface area contributed by atoms with E-state index in [4.69, 9.17) is 22.5 Å². The van der Waals surface area contributed by atoms with Gasteiger partial charge in [0.15, 0.2) is 0 Å². The zero-order valence-electron chi connectivity index (χ0n) is 72.6. The number of hydrogen-bond acceptors (Lipinski definition) is 2. The van der Waals surface area contributed by atoms with Crippen LogP contribution in [0, 0.1) is 0 Å². The number of benzene rings is 21. The fourth-order valence-electron chi connectivity index (χ4n) is 18.2. The average Bonchev–Trinajstić information content (AvgIpc) is 1.12. The third-order valence-corrected chi connectivity index (χ3v) is 23.2. The Morgan fingerprint density at radius 2 is 0.440 bits per heavy atom. The van der Waals surface area contributed by atoms with E-state index in [9.17, 15) is 0 Å². The molecule has 540 valence electrons. The number of hydrogen-bond donors (Lipinski definition) is 0. The second-order valence-corrected chi connectivity index (χ2v) is 29.5. The summed E-state index contributed by atoms with van der Waals surface area (Å²) in [6.45, 7) is 0. The quantitative estimate of drug-likeness (QED) is 0.121. The summed E-state index contributed by atoms with van der Waals surface area (Å²) in [6.07, 6.45) is 0. The van der Waals surface area contributed by atoms with Crippen LogP contribution in [0.3, 0.4) is 0 Å². The Bertz CT molecular complexity index is 8300. The topological polar surface area (TPSA) is 26.3 Å². The summed E-state index contributed by atoms with van der Waals surface area (Å²) >= 11 is 0. The van der Waals surface area contributed by atoms with Crippen LogP contribution >= 0.6 is 0 Å². The van der Waals surface area contributed by atoms with Crippen molar-refractivity contribution in [2.75, 3.05) is 0 Å². The number of para-hydroxylation sites is 2. The molecule has 0 aliphatic carbocycles. The van der Waals surface area contributed by atoms with Gasteiger partial charge in [0.25, 0.3) is 0 Å². The van der Waals surface area contributed by atoms with Gasteiger partial charge in [0.1, 0.15) is 22.3 Å². The molecule has 0 unspecified atom stereocenters. The normalized spacial score (nSPS) is 12.8. The molecule has 0 N–H and O–H groups in total. The highest BCUT2D eigenvalue weighted by molar-refractivity contribution is 6.28. The molecule has 21 aromatic carbocycles. The Morgan fingerprint density at radius 3 is 0.853 bits per heavy atom. The molecule has 23 aromatic rings. The van der Waals surface area contributed by atoms with Crippen molar-refractivity contribution in [1.29, 1.82) is 0 Å². The van der Waals surface area contributed by atoms with Gasteiger partial charge in [-0.25, -0.2) is 0 Å². The molecule has 0 radical (unpaired) electrons. The van der Waals surface area contributed by atoms with Crippen LogP contribution in [-0.4, -0.2) is 0 Å². The van der Waals surface area contributed by atoms with E-state index in [0.717, 1.165) is 209 Å². The van der Waals surface area contributed by atoms with Crippen LogP contribution in [0.15, 0.2) is 445 Å². The van der Waals surface area contributed by atoms with Gasteiger partial charge in [0, 0.05) is 32.7 Å². The molecule has 0 aliphatic rings. The van der Waals surface area contributed by atoms with E-state index < -0.39 is 12.1 Å². The lowest BCUT2D eigenvalue weighted by atomic mass is 9.81. The van der Waals surface area contributed by atoms with Gasteiger partial charge < -0.3 is 8.83 Å². The number of fused-ring (bicyclic) bond motifs is 12. The van der Waals surface area contributed by atoms with Crippen molar-refractivity contribution in [3.05, 3.63) is 437 Å². The summed E-state index contributed by atoms with van der Waals surface area (Å²) in [4.78, 5) is 0. The third-order valence-electron chi connectivity index (χ3n) is 23.2. The van der Waals surface area contributed by atoms with Crippen molar-refractivity contribution in [3.8, 4) is 122 Å². The van der Waals surface area contributed by atoms with E-state index in [-0.39, 0.29) is 59.5 Å². The molecular formula is C114H72O2. The van der Waals surface area contributed by atoms with E-state index in [2.05, 4.69) is 267 Å². The lowest BCUT2D eigenvalue weighted by Gasteiger charge is -2.21. The van der Waals surface area contributed by atoms with Crippen molar-refractivity contribution >= 4 is 109 Å². The minimum atomic E-state index is -0.409. The maximum Gasteiger partial charge on any atom is 0.136 e. The van der Waals surface area contributed by atoms with Crippen LogP contribution in [0.5, 0.6) is 0 Å². The Kier molecular flexibility index (Phi) is 14.2. The van der Waals surface area contributed by atoms with Gasteiger partial charge in [-0.05, 0) is 218 Å². The van der Waals surface area contributed by atoms with Gasteiger partial charge in [0.05, 0.1) is 13.7 Å². The second-order valence-electron chi connectivity index (χ2n) is 29.5. The van der Waals surface area contributed by atoms with Crippen molar-refractivity contribution in [3.63, 3.8) is 0 Å². The van der Waals surface area contributed by atoms with Gasteiger partial charge in [0.2, 0.25) is 0 Å². The van der Waals surface area contributed by atoms with E-state index in [1.54, 1.807) is 0 Å². The van der Waals surface area contributed by atoms with Crippen molar-refractivity contribution in [2.45, 2.75) is 0 Å². The van der Waals surface area contributed by atoms with Crippen LogP contribution in [0.2, 0.25) is 0 Å². The molecule has 2 heterocycles. The van der Waals surface area contributed by atoms with E-state index in [0.29, 0.717) is 11.1 Å². The van der Waals surface area contributed by atoms with Gasteiger partial charge in [-0.1, -0.05) is 394 Å². The fraction of sp³-hybridized carbons (Fsp3) is 0.